The predicted octanol–water partition coefficient (Wildman–Crippen LogP) is 3.06. The molecule has 1 N–H and O–H groups in total. The molecule has 2 aromatic rings. The summed E-state index contributed by atoms with van der Waals surface area (Å²) in [5, 5.41) is 2.83. The van der Waals surface area contributed by atoms with E-state index in [2.05, 4.69) is 5.32 Å². The van der Waals surface area contributed by atoms with Crippen molar-refractivity contribution >= 4 is 27.3 Å². The number of hydrogen-bond donors (Lipinski definition) is 1. The smallest absolute Gasteiger partial charge is 0.248 e. The summed E-state index contributed by atoms with van der Waals surface area (Å²) in [7, 11) is -0.872. The van der Waals surface area contributed by atoms with E-state index in [-0.39, 0.29) is 5.69 Å². The summed E-state index contributed by atoms with van der Waals surface area (Å²) in [5.74, 6) is 0.324. The van der Waals surface area contributed by atoms with Gasteiger partial charge in [0.05, 0.1) is 26.2 Å². The molecule has 0 saturated heterocycles. The molecule has 0 aliphatic rings. The number of carbonyl (C=O) groups excluding carboxylic acids is 1. The lowest BCUT2D eigenvalue weighted by molar-refractivity contribution is -0.116. The monoisotopic (exact) mass is 406 g/mol. The Labute approximate surface area is 166 Å². The van der Waals surface area contributed by atoms with Crippen LogP contribution in [0.5, 0.6) is 11.5 Å². The number of aryl methyl sites for hydroxylation is 1. The molecular weight excluding hydrogens is 380 g/mol. The third kappa shape index (κ3) is 4.75. The van der Waals surface area contributed by atoms with Crippen LogP contribution in [0.15, 0.2) is 42.5 Å². The molecule has 0 aliphatic carbocycles. The maximum Gasteiger partial charge on any atom is 0.248 e. The molecule has 28 heavy (non-hydrogen) atoms. The predicted molar refractivity (Wildman–Crippen MR) is 111 cm³/mol. The molecule has 2 aromatic carbocycles. The first-order valence-corrected chi connectivity index (χ1v) is 10.7. The number of para-hydroxylation sites is 1. The van der Waals surface area contributed by atoms with Gasteiger partial charge in [0.15, 0.2) is 0 Å². The average Bonchev–Trinajstić information content (AvgIpc) is 2.67. The van der Waals surface area contributed by atoms with Crippen LogP contribution in [-0.2, 0) is 21.2 Å². The third-order valence-electron chi connectivity index (χ3n) is 4.37. The Morgan fingerprint density at radius 2 is 1.82 bits per heavy atom. The van der Waals surface area contributed by atoms with E-state index < -0.39 is 22.0 Å². The van der Waals surface area contributed by atoms with Crippen LogP contribution in [0.1, 0.15) is 19.4 Å². The second-order valence-corrected chi connectivity index (χ2v) is 8.13. The zero-order valence-corrected chi connectivity index (χ0v) is 17.5. The maximum absolute atomic E-state index is 12.9. The number of sulfonamides is 1. The van der Waals surface area contributed by atoms with Crippen LogP contribution in [0.2, 0.25) is 0 Å². The van der Waals surface area contributed by atoms with E-state index in [1.807, 2.05) is 25.1 Å². The molecule has 0 aromatic heterocycles. The van der Waals surface area contributed by atoms with Gasteiger partial charge in [0.1, 0.15) is 17.5 Å². The first-order valence-electron chi connectivity index (χ1n) is 8.83. The van der Waals surface area contributed by atoms with E-state index in [1.54, 1.807) is 18.2 Å². The fourth-order valence-corrected chi connectivity index (χ4v) is 4.11. The van der Waals surface area contributed by atoms with Crippen LogP contribution in [0.3, 0.4) is 0 Å². The average molecular weight is 407 g/mol. The molecule has 0 radical (unpaired) electrons. The van der Waals surface area contributed by atoms with Gasteiger partial charge in [-0.3, -0.25) is 9.10 Å². The molecule has 0 fully saturated rings. The molecule has 152 valence electrons. The Morgan fingerprint density at radius 1 is 1.14 bits per heavy atom. The number of amides is 1. The molecule has 8 heteroatoms. The van der Waals surface area contributed by atoms with Crippen molar-refractivity contribution in [2.75, 3.05) is 30.1 Å². The molecule has 1 amide bonds. The minimum absolute atomic E-state index is 0.232. The molecule has 0 spiro atoms. The number of anilines is 2. The van der Waals surface area contributed by atoms with Crippen LogP contribution in [0.25, 0.3) is 0 Å². The Balaban J connectivity index is 2.45. The zero-order chi connectivity index (χ0) is 20.9. The Morgan fingerprint density at radius 3 is 2.39 bits per heavy atom. The van der Waals surface area contributed by atoms with Crippen LogP contribution in [0.4, 0.5) is 11.4 Å². The normalized spacial score (nSPS) is 12.2. The fourth-order valence-electron chi connectivity index (χ4n) is 2.94. The van der Waals surface area contributed by atoms with Crippen molar-refractivity contribution in [2.45, 2.75) is 26.3 Å². The highest BCUT2D eigenvalue weighted by molar-refractivity contribution is 7.92. The van der Waals surface area contributed by atoms with Crippen LogP contribution < -0.4 is 19.1 Å². The molecule has 7 nitrogen and oxygen atoms in total. The van der Waals surface area contributed by atoms with Crippen molar-refractivity contribution in [3.8, 4) is 11.5 Å². The largest absolute Gasteiger partial charge is 0.497 e. The fraction of sp³-hybridized carbons (Fsp3) is 0.350. The first-order chi connectivity index (χ1) is 13.2. The van der Waals surface area contributed by atoms with E-state index in [1.165, 1.54) is 27.2 Å². The molecule has 0 heterocycles. The SMILES string of the molecule is CCc1ccccc1NC(=O)[C@@H](C)N(c1cc(OC)ccc1OC)S(C)(=O)=O. The quantitative estimate of drug-likeness (QED) is 0.728. The number of nitrogens with one attached hydrogen (secondary N) is 1. The van der Waals surface area contributed by atoms with Crippen LogP contribution >= 0.6 is 0 Å². The number of nitrogens with zero attached hydrogens (tertiary/aromatic N) is 1. The summed E-state index contributed by atoms with van der Waals surface area (Å²) >= 11 is 0. The van der Waals surface area contributed by atoms with Crippen molar-refractivity contribution in [3.63, 3.8) is 0 Å². The number of ether oxygens (including phenoxy) is 2. The Bertz CT molecular complexity index is 943. The van der Waals surface area contributed by atoms with Gasteiger partial charge < -0.3 is 14.8 Å². The number of rotatable bonds is 8. The summed E-state index contributed by atoms with van der Waals surface area (Å²) in [5.41, 5.74) is 1.86. The number of hydrogen-bond acceptors (Lipinski definition) is 5. The van der Waals surface area contributed by atoms with Gasteiger partial charge in [-0.15, -0.1) is 0 Å². The van der Waals surface area contributed by atoms with Gasteiger partial charge in [-0.1, -0.05) is 25.1 Å². The van der Waals surface area contributed by atoms with E-state index in [9.17, 15) is 13.2 Å². The molecule has 1 atom stereocenters. The van der Waals surface area contributed by atoms with E-state index in [4.69, 9.17) is 9.47 Å². The third-order valence-corrected chi connectivity index (χ3v) is 5.60. The van der Waals surface area contributed by atoms with Crippen molar-refractivity contribution < 1.29 is 22.7 Å². The Kier molecular flexibility index (Phi) is 6.90. The lowest BCUT2D eigenvalue weighted by Crippen LogP contribution is -2.45. The number of carbonyl (C=O) groups is 1. The maximum atomic E-state index is 12.9. The van der Waals surface area contributed by atoms with Gasteiger partial charge in [-0.25, -0.2) is 8.42 Å². The lowest BCUT2D eigenvalue weighted by atomic mass is 10.1. The molecular formula is C20H26N2O5S. The zero-order valence-electron chi connectivity index (χ0n) is 16.7. The first kappa shape index (κ1) is 21.6. The highest BCUT2D eigenvalue weighted by Crippen LogP contribution is 2.35. The standard InChI is InChI=1S/C20H26N2O5S/c1-6-15-9-7-8-10-17(15)21-20(23)14(2)22(28(5,24)25)18-13-16(26-3)11-12-19(18)27-4/h7-14H,6H2,1-5H3,(H,21,23)/t14-/m1/s1. The molecule has 0 aliphatic heterocycles. The van der Waals surface area contributed by atoms with Gasteiger partial charge in [-0.05, 0) is 37.1 Å². The van der Waals surface area contributed by atoms with Gasteiger partial charge >= 0.3 is 0 Å². The lowest BCUT2D eigenvalue weighted by Gasteiger charge is -2.29. The summed E-state index contributed by atoms with van der Waals surface area (Å²) in [6.07, 6.45) is 1.79. The van der Waals surface area contributed by atoms with Crippen molar-refractivity contribution in [1.82, 2.24) is 0 Å². The van der Waals surface area contributed by atoms with Crippen molar-refractivity contribution in [3.05, 3.63) is 48.0 Å². The minimum Gasteiger partial charge on any atom is -0.497 e. The second kappa shape index (κ2) is 8.97. The summed E-state index contributed by atoms with van der Waals surface area (Å²) in [6, 6.07) is 11.2. The number of benzene rings is 2. The van der Waals surface area contributed by atoms with Gasteiger partial charge in [0, 0.05) is 11.8 Å². The van der Waals surface area contributed by atoms with E-state index in [0.29, 0.717) is 17.2 Å². The molecule has 0 saturated carbocycles. The minimum atomic E-state index is -3.79. The van der Waals surface area contributed by atoms with Crippen molar-refractivity contribution in [2.24, 2.45) is 0 Å². The molecule has 2 rings (SSSR count). The number of methoxy groups -OCH3 is 2. The van der Waals surface area contributed by atoms with Crippen LogP contribution in [-0.4, -0.2) is 40.8 Å². The molecule has 0 unspecified atom stereocenters. The van der Waals surface area contributed by atoms with Crippen LogP contribution in [0, 0.1) is 0 Å². The van der Waals surface area contributed by atoms with Gasteiger partial charge in [-0.2, -0.15) is 0 Å². The molecule has 0 bridgehead atoms. The Hall–Kier alpha value is -2.74. The van der Waals surface area contributed by atoms with E-state index in [0.717, 1.165) is 22.5 Å². The second-order valence-electron chi connectivity index (χ2n) is 6.27. The van der Waals surface area contributed by atoms with Gasteiger partial charge in [0.2, 0.25) is 15.9 Å². The highest BCUT2D eigenvalue weighted by Gasteiger charge is 2.32. The topological polar surface area (TPSA) is 84.9 Å². The summed E-state index contributed by atoms with van der Waals surface area (Å²) in [6.45, 7) is 3.52. The van der Waals surface area contributed by atoms with Crippen molar-refractivity contribution in [1.29, 1.82) is 0 Å². The van der Waals surface area contributed by atoms with E-state index >= 15 is 0 Å². The summed E-state index contributed by atoms with van der Waals surface area (Å²) in [4.78, 5) is 12.9. The highest BCUT2D eigenvalue weighted by atomic mass is 32.2. The van der Waals surface area contributed by atoms with Gasteiger partial charge in [0.25, 0.3) is 0 Å². The summed E-state index contributed by atoms with van der Waals surface area (Å²) < 4.78 is 36.7.